The van der Waals surface area contributed by atoms with E-state index in [-0.39, 0.29) is 0 Å². The Kier molecular flexibility index (Phi) is 4.33. The van der Waals surface area contributed by atoms with Crippen LogP contribution >= 0.6 is 0 Å². The van der Waals surface area contributed by atoms with Crippen molar-refractivity contribution in [1.29, 1.82) is 0 Å². The van der Waals surface area contributed by atoms with Gasteiger partial charge in [-0.2, -0.15) is 4.98 Å². The minimum atomic E-state index is 0.303. The molecule has 0 aliphatic carbocycles. The minimum absolute atomic E-state index is 0.303. The second-order valence-electron chi connectivity index (χ2n) is 6.89. The highest BCUT2D eigenvalue weighted by Crippen LogP contribution is 2.35. The summed E-state index contributed by atoms with van der Waals surface area (Å²) >= 11 is 0. The number of para-hydroxylation sites is 1. The second-order valence-corrected chi connectivity index (χ2v) is 6.89. The van der Waals surface area contributed by atoms with Crippen molar-refractivity contribution in [2.24, 2.45) is 0 Å². The zero-order valence-corrected chi connectivity index (χ0v) is 15.5. The molecule has 4 heteroatoms. The molecule has 2 heterocycles. The van der Waals surface area contributed by atoms with Crippen LogP contribution in [-0.4, -0.2) is 16.5 Å². The van der Waals surface area contributed by atoms with E-state index in [1.807, 2.05) is 30.3 Å². The van der Waals surface area contributed by atoms with Gasteiger partial charge < -0.3 is 10.2 Å². The van der Waals surface area contributed by atoms with E-state index >= 15 is 0 Å². The van der Waals surface area contributed by atoms with Gasteiger partial charge in [-0.25, -0.2) is 4.98 Å². The third-order valence-corrected chi connectivity index (χ3v) is 5.26. The maximum absolute atomic E-state index is 4.88. The molecule has 1 atom stereocenters. The molecule has 0 saturated carbocycles. The van der Waals surface area contributed by atoms with E-state index in [1.165, 1.54) is 11.1 Å². The lowest BCUT2D eigenvalue weighted by molar-refractivity contribution is 0.614. The highest BCUT2D eigenvalue weighted by molar-refractivity contribution is 5.59. The molecular formula is C22H24N4. The Morgan fingerprint density at radius 3 is 2.50 bits per heavy atom. The van der Waals surface area contributed by atoms with Crippen molar-refractivity contribution in [1.82, 2.24) is 9.97 Å². The highest BCUT2D eigenvalue weighted by Gasteiger charge is 2.26. The molecule has 3 aromatic rings. The first-order chi connectivity index (χ1) is 12.6. The molecule has 0 bridgehead atoms. The van der Waals surface area contributed by atoms with Gasteiger partial charge in [-0.05, 0) is 50.5 Å². The molecule has 2 aromatic carbocycles. The minimum Gasteiger partial charge on any atom is -0.349 e. The molecule has 4 rings (SSSR count). The molecule has 26 heavy (non-hydrogen) atoms. The molecule has 0 radical (unpaired) electrons. The summed E-state index contributed by atoms with van der Waals surface area (Å²) in [5.41, 5.74) is 6.00. The maximum atomic E-state index is 4.88. The van der Waals surface area contributed by atoms with Gasteiger partial charge in [0, 0.05) is 23.5 Å². The summed E-state index contributed by atoms with van der Waals surface area (Å²) in [7, 11) is 0. The van der Waals surface area contributed by atoms with Gasteiger partial charge in [-0.15, -0.1) is 0 Å². The molecule has 132 valence electrons. The van der Waals surface area contributed by atoms with E-state index < -0.39 is 0 Å². The summed E-state index contributed by atoms with van der Waals surface area (Å²) in [6.45, 7) is 7.41. The van der Waals surface area contributed by atoms with Gasteiger partial charge in [0.1, 0.15) is 5.82 Å². The highest BCUT2D eigenvalue weighted by atomic mass is 15.3. The lowest BCUT2D eigenvalue weighted by Gasteiger charge is -2.37. The summed E-state index contributed by atoms with van der Waals surface area (Å²) in [6.07, 6.45) is 1.05. The number of fused-ring (bicyclic) bond motifs is 1. The Balaban J connectivity index is 1.70. The van der Waals surface area contributed by atoms with Crippen LogP contribution in [0.25, 0.3) is 0 Å². The van der Waals surface area contributed by atoms with Crippen molar-refractivity contribution in [3.05, 3.63) is 77.0 Å². The van der Waals surface area contributed by atoms with Gasteiger partial charge in [-0.1, -0.05) is 42.5 Å². The Labute approximate surface area is 154 Å². The molecule has 0 saturated heterocycles. The quantitative estimate of drug-likeness (QED) is 0.729. The molecule has 0 spiro atoms. The van der Waals surface area contributed by atoms with Crippen LogP contribution in [0.5, 0.6) is 0 Å². The predicted octanol–water partition coefficient (Wildman–Crippen LogP) is 4.96. The van der Waals surface area contributed by atoms with E-state index in [2.05, 4.69) is 60.2 Å². The summed E-state index contributed by atoms with van der Waals surface area (Å²) < 4.78 is 0. The maximum Gasteiger partial charge on any atom is 0.229 e. The van der Waals surface area contributed by atoms with Crippen LogP contribution in [0.3, 0.4) is 0 Å². The fourth-order valence-electron chi connectivity index (χ4n) is 3.66. The first-order valence-corrected chi connectivity index (χ1v) is 9.15. The monoisotopic (exact) mass is 344 g/mol. The van der Waals surface area contributed by atoms with E-state index in [0.717, 1.165) is 35.7 Å². The standard InChI is InChI=1S/C22H24N4/c1-15-16(2)23-22(24-19-10-5-4-6-11-19)25-21(15)26-14-13-18-9-7-8-12-20(18)17(26)3/h4-12,17H,13-14H2,1-3H3,(H,23,24,25). The van der Waals surface area contributed by atoms with Gasteiger partial charge in [0.25, 0.3) is 0 Å². The fourth-order valence-corrected chi connectivity index (χ4v) is 3.66. The van der Waals surface area contributed by atoms with Crippen molar-refractivity contribution >= 4 is 17.5 Å². The van der Waals surface area contributed by atoms with Crippen molar-refractivity contribution < 1.29 is 0 Å². The van der Waals surface area contributed by atoms with Crippen LogP contribution in [0.2, 0.25) is 0 Å². The molecule has 0 amide bonds. The molecule has 1 unspecified atom stereocenters. The molecule has 0 fully saturated rings. The average Bonchev–Trinajstić information content (AvgIpc) is 2.66. The van der Waals surface area contributed by atoms with E-state index in [1.54, 1.807) is 0 Å². The molecular weight excluding hydrogens is 320 g/mol. The van der Waals surface area contributed by atoms with Gasteiger partial charge in [0.05, 0.1) is 6.04 Å². The third kappa shape index (κ3) is 3.03. The lowest BCUT2D eigenvalue weighted by atomic mass is 9.93. The first kappa shape index (κ1) is 16.6. The second kappa shape index (κ2) is 6.79. The Bertz CT molecular complexity index is 921. The number of nitrogens with one attached hydrogen (secondary N) is 1. The normalized spacial score (nSPS) is 16.3. The molecule has 1 N–H and O–H groups in total. The zero-order valence-electron chi connectivity index (χ0n) is 15.5. The smallest absolute Gasteiger partial charge is 0.229 e. The van der Waals surface area contributed by atoms with Gasteiger partial charge in [0.15, 0.2) is 0 Å². The summed E-state index contributed by atoms with van der Waals surface area (Å²) in [6, 6.07) is 19.1. The van der Waals surface area contributed by atoms with E-state index in [9.17, 15) is 0 Å². The Hall–Kier alpha value is -2.88. The Morgan fingerprint density at radius 1 is 0.962 bits per heavy atom. The topological polar surface area (TPSA) is 41.1 Å². The zero-order chi connectivity index (χ0) is 18.1. The Morgan fingerprint density at radius 2 is 1.69 bits per heavy atom. The summed E-state index contributed by atoms with van der Waals surface area (Å²) in [4.78, 5) is 11.9. The number of rotatable bonds is 3. The van der Waals surface area contributed by atoms with Gasteiger partial charge >= 0.3 is 0 Å². The van der Waals surface area contributed by atoms with Crippen molar-refractivity contribution in [3.63, 3.8) is 0 Å². The number of hydrogen-bond donors (Lipinski definition) is 1. The molecule has 1 aliphatic heterocycles. The average molecular weight is 344 g/mol. The van der Waals surface area contributed by atoms with Crippen LogP contribution in [0, 0.1) is 13.8 Å². The summed E-state index contributed by atoms with van der Waals surface area (Å²) in [5.74, 6) is 1.68. The van der Waals surface area contributed by atoms with Gasteiger partial charge in [0.2, 0.25) is 5.95 Å². The van der Waals surface area contributed by atoms with Crippen molar-refractivity contribution in [3.8, 4) is 0 Å². The predicted molar refractivity (Wildman–Crippen MR) is 107 cm³/mol. The molecule has 4 nitrogen and oxygen atoms in total. The van der Waals surface area contributed by atoms with Crippen molar-refractivity contribution in [2.45, 2.75) is 33.2 Å². The van der Waals surface area contributed by atoms with Crippen LogP contribution < -0.4 is 10.2 Å². The number of nitrogens with zero attached hydrogens (tertiary/aromatic N) is 3. The van der Waals surface area contributed by atoms with Crippen LogP contribution in [0.4, 0.5) is 17.5 Å². The van der Waals surface area contributed by atoms with Gasteiger partial charge in [-0.3, -0.25) is 0 Å². The number of benzene rings is 2. The third-order valence-electron chi connectivity index (χ3n) is 5.26. The summed E-state index contributed by atoms with van der Waals surface area (Å²) in [5, 5.41) is 3.34. The van der Waals surface area contributed by atoms with E-state index in [0.29, 0.717) is 12.0 Å². The van der Waals surface area contributed by atoms with Crippen LogP contribution in [0.1, 0.15) is 35.3 Å². The largest absolute Gasteiger partial charge is 0.349 e. The van der Waals surface area contributed by atoms with E-state index in [4.69, 9.17) is 4.98 Å². The number of hydrogen-bond acceptors (Lipinski definition) is 4. The number of aryl methyl sites for hydroxylation is 1. The van der Waals surface area contributed by atoms with Crippen LogP contribution in [0.15, 0.2) is 54.6 Å². The first-order valence-electron chi connectivity index (χ1n) is 9.15. The SMILES string of the molecule is Cc1nc(Nc2ccccc2)nc(N2CCc3ccccc3C2C)c1C. The number of aromatic nitrogens is 2. The molecule has 1 aromatic heterocycles. The lowest BCUT2D eigenvalue weighted by Crippen LogP contribution is -2.35. The number of anilines is 3. The van der Waals surface area contributed by atoms with Crippen LogP contribution in [-0.2, 0) is 6.42 Å². The fraction of sp³-hybridized carbons (Fsp3) is 0.273. The van der Waals surface area contributed by atoms with Crippen molar-refractivity contribution in [2.75, 3.05) is 16.8 Å². The molecule has 1 aliphatic rings.